The molecule has 140 valence electrons. The predicted molar refractivity (Wildman–Crippen MR) is 88.4 cm³/mol. The molecule has 0 atom stereocenters. The molecule has 2 aromatic heterocycles. The van der Waals surface area contributed by atoms with E-state index in [0.717, 1.165) is 12.1 Å². The Labute approximate surface area is 150 Å². The molecule has 0 unspecified atom stereocenters. The van der Waals surface area contributed by atoms with Gasteiger partial charge in [0, 0.05) is 18.1 Å². The van der Waals surface area contributed by atoms with Gasteiger partial charge in [-0.25, -0.2) is 9.78 Å². The summed E-state index contributed by atoms with van der Waals surface area (Å²) in [5.41, 5.74) is 0.0766. The van der Waals surface area contributed by atoms with Gasteiger partial charge in [0.1, 0.15) is 0 Å². The van der Waals surface area contributed by atoms with Crippen LogP contribution < -0.4 is 5.56 Å². The van der Waals surface area contributed by atoms with Crippen molar-refractivity contribution in [3.8, 4) is 17.1 Å². The fourth-order valence-electron chi connectivity index (χ4n) is 2.45. The van der Waals surface area contributed by atoms with E-state index < -0.39 is 23.3 Å². The average molecular weight is 378 g/mol. The summed E-state index contributed by atoms with van der Waals surface area (Å²) in [4.78, 5) is 22.0. The van der Waals surface area contributed by atoms with Gasteiger partial charge in [0.25, 0.3) is 5.56 Å². The van der Waals surface area contributed by atoms with Gasteiger partial charge in [-0.2, -0.15) is 23.4 Å². The minimum absolute atomic E-state index is 0.138. The maximum atomic E-state index is 12.8. The van der Waals surface area contributed by atoms with E-state index in [4.69, 9.17) is 5.11 Å². The molecule has 7 nitrogen and oxygen atoms in total. The third kappa shape index (κ3) is 4.22. The SMILES string of the molecule is O=C(O)CCc1cc(-c2ccc(C(F)(F)F)cc2)n(-c2ccc(=O)[nH]n2)n1. The number of aliphatic carboxylic acids is 1. The van der Waals surface area contributed by atoms with Gasteiger partial charge in [-0.05, 0) is 24.3 Å². The van der Waals surface area contributed by atoms with Crippen LogP contribution in [0.15, 0.2) is 47.3 Å². The minimum atomic E-state index is -4.45. The predicted octanol–water partition coefficient (Wildman–Crippen LogP) is 2.66. The highest BCUT2D eigenvalue weighted by Gasteiger charge is 2.30. The van der Waals surface area contributed by atoms with Crippen LogP contribution in [0.4, 0.5) is 13.2 Å². The lowest BCUT2D eigenvalue weighted by Gasteiger charge is -2.09. The second-order valence-electron chi connectivity index (χ2n) is 5.68. The highest BCUT2D eigenvalue weighted by molar-refractivity contribution is 5.67. The molecule has 0 aliphatic heterocycles. The molecular weight excluding hydrogens is 365 g/mol. The van der Waals surface area contributed by atoms with Gasteiger partial charge in [0.15, 0.2) is 5.82 Å². The second kappa shape index (κ2) is 7.06. The number of carboxylic acid groups (broad SMARTS) is 1. The van der Waals surface area contributed by atoms with Crippen molar-refractivity contribution < 1.29 is 23.1 Å². The number of hydrogen-bond donors (Lipinski definition) is 2. The maximum absolute atomic E-state index is 12.8. The van der Waals surface area contributed by atoms with Crippen LogP contribution in [-0.2, 0) is 17.4 Å². The number of alkyl halides is 3. The smallest absolute Gasteiger partial charge is 0.416 e. The third-order valence-corrected chi connectivity index (χ3v) is 3.74. The van der Waals surface area contributed by atoms with Crippen molar-refractivity contribution in [1.82, 2.24) is 20.0 Å². The summed E-state index contributed by atoms with van der Waals surface area (Å²) in [5.74, 6) is -0.756. The number of hydrogen-bond acceptors (Lipinski definition) is 4. The van der Waals surface area contributed by atoms with Crippen LogP contribution in [0, 0.1) is 0 Å². The Morgan fingerprint density at radius 3 is 2.41 bits per heavy atom. The van der Waals surface area contributed by atoms with Crippen LogP contribution in [0.25, 0.3) is 17.1 Å². The van der Waals surface area contributed by atoms with E-state index in [2.05, 4.69) is 15.3 Å². The summed E-state index contributed by atoms with van der Waals surface area (Å²) in [6.07, 6.45) is -4.46. The molecule has 0 radical (unpaired) electrons. The van der Waals surface area contributed by atoms with Crippen LogP contribution in [0.1, 0.15) is 17.7 Å². The number of benzene rings is 1. The lowest BCUT2D eigenvalue weighted by molar-refractivity contribution is -0.138. The van der Waals surface area contributed by atoms with Crippen molar-refractivity contribution in [2.24, 2.45) is 0 Å². The highest BCUT2D eigenvalue weighted by Crippen LogP contribution is 2.31. The minimum Gasteiger partial charge on any atom is -0.481 e. The normalized spacial score (nSPS) is 11.5. The Balaban J connectivity index is 2.05. The third-order valence-electron chi connectivity index (χ3n) is 3.74. The van der Waals surface area contributed by atoms with E-state index in [1.807, 2.05) is 0 Å². The Kier molecular flexibility index (Phi) is 4.80. The Morgan fingerprint density at radius 2 is 1.85 bits per heavy atom. The number of H-pyrrole nitrogens is 1. The molecule has 0 spiro atoms. The standard InChI is InChI=1S/C17H13F3N4O3/c18-17(19,20)11-3-1-10(2-4-11)13-9-12(5-8-16(26)27)23-24(13)14-6-7-15(25)22-21-14/h1-4,6-7,9H,5,8H2,(H,22,25)(H,26,27). The first-order chi connectivity index (χ1) is 12.7. The Morgan fingerprint density at radius 1 is 1.15 bits per heavy atom. The van der Waals surface area contributed by atoms with Crippen LogP contribution in [0.3, 0.4) is 0 Å². The van der Waals surface area contributed by atoms with Crippen LogP contribution in [-0.4, -0.2) is 31.1 Å². The highest BCUT2D eigenvalue weighted by atomic mass is 19.4. The lowest BCUT2D eigenvalue weighted by atomic mass is 10.1. The van der Waals surface area contributed by atoms with Gasteiger partial charge in [0.2, 0.25) is 0 Å². The summed E-state index contributed by atoms with van der Waals surface area (Å²) < 4.78 is 39.6. The van der Waals surface area contributed by atoms with E-state index in [9.17, 15) is 22.8 Å². The first kappa shape index (κ1) is 18.4. The average Bonchev–Trinajstić information content (AvgIpc) is 3.04. The summed E-state index contributed by atoms with van der Waals surface area (Å²) in [6, 6.07) is 8.70. The zero-order valence-corrected chi connectivity index (χ0v) is 13.7. The largest absolute Gasteiger partial charge is 0.481 e. The zero-order valence-electron chi connectivity index (χ0n) is 13.7. The number of halogens is 3. The molecule has 3 aromatic rings. The van der Waals surface area contributed by atoms with E-state index in [-0.39, 0.29) is 18.7 Å². The molecule has 2 heterocycles. The fraction of sp³-hybridized carbons (Fsp3) is 0.176. The molecule has 10 heteroatoms. The van der Waals surface area contributed by atoms with Crippen LogP contribution in [0.2, 0.25) is 0 Å². The van der Waals surface area contributed by atoms with E-state index in [1.54, 1.807) is 6.07 Å². The van der Waals surface area contributed by atoms with Crippen LogP contribution in [0.5, 0.6) is 0 Å². The summed E-state index contributed by atoms with van der Waals surface area (Å²) >= 11 is 0. The number of aryl methyl sites for hydroxylation is 1. The lowest BCUT2D eigenvalue weighted by Crippen LogP contribution is -2.11. The molecule has 0 saturated carbocycles. The van der Waals surface area contributed by atoms with Gasteiger partial charge in [-0.3, -0.25) is 9.59 Å². The maximum Gasteiger partial charge on any atom is 0.416 e. The Hall–Kier alpha value is -3.43. The molecule has 0 fully saturated rings. The van der Waals surface area contributed by atoms with Crippen molar-refractivity contribution in [2.45, 2.75) is 19.0 Å². The van der Waals surface area contributed by atoms with Crippen molar-refractivity contribution >= 4 is 5.97 Å². The van der Waals surface area contributed by atoms with Gasteiger partial charge >= 0.3 is 12.1 Å². The molecular formula is C17H13F3N4O3. The monoisotopic (exact) mass is 378 g/mol. The Bertz CT molecular complexity index is 1000. The quantitative estimate of drug-likeness (QED) is 0.711. The molecule has 0 bridgehead atoms. The molecule has 1 aromatic carbocycles. The van der Waals surface area contributed by atoms with Gasteiger partial charge < -0.3 is 5.11 Å². The molecule has 2 N–H and O–H groups in total. The molecule has 0 amide bonds. The number of nitrogens with zero attached hydrogens (tertiary/aromatic N) is 3. The van der Waals surface area contributed by atoms with Gasteiger partial charge in [-0.1, -0.05) is 12.1 Å². The number of nitrogens with one attached hydrogen (secondary N) is 1. The van der Waals surface area contributed by atoms with E-state index >= 15 is 0 Å². The zero-order chi connectivity index (χ0) is 19.6. The number of carboxylic acids is 1. The molecule has 0 saturated heterocycles. The van der Waals surface area contributed by atoms with Crippen molar-refractivity contribution in [2.75, 3.05) is 0 Å². The first-order valence-corrected chi connectivity index (χ1v) is 7.78. The van der Waals surface area contributed by atoms with Crippen molar-refractivity contribution in [1.29, 1.82) is 0 Å². The molecule has 0 aliphatic rings. The fourth-order valence-corrected chi connectivity index (χ4v) is 2.45. The van der Waals surface area contributed by atoms with Gasteiger partial charge in [0.05, 0.1) is 23.4 Å². The summed E-state index contributed by atoms with van der Waals surface area (Å²) in [7, 11) is 0. The van der Waals surface area contributed by atoms with Crippen LogP contribution >= 0.6 is 0 Å². The number of rotatable bonds is 5. The summed E-state index contributed by atoms with van der Waals surface area (Å²) in [6.45, 7) is 0. The van der Waals surface area contributed by atoms with Crippen molar-refractivity contribution in [3.63, 3.8) is 0 Å². The topological polar surface area (TPSA) is 101 Å². The van der Waals surface area contributed by atoms with Crippen molar-refractivity contribution in [3.05, 3.63) is 64.1 Å². The number of aromatic amines is 1. The van der Waals surface area contributed by atoms with E-state index in [0.29, 0.717) is 17.0 Å². The number of aromatic nitrogens is 4. The molecule has 27 heavy (non-hydrogen) atoms. The number of carbonyl (C=O) groups is 1. The van der Waals surface area contributed by atoms with E-state index in [1.165, 1.54) is 28.9 Å². The first-order valence-electron chi connectivity index (χ1n) is 7.78. The second-order valence-corrected chi connectivity index (χ2v) is 5.68. The molecule has 0 aliphatic carbocycles. The van der Waals surface area contributed by atoms with Gasteiger partial charge in [-0.15, -0.1) is 0 Å². The molecule has 3 rings (SSSR count). The summed E-state index contributed by atoms with van der Waals surface area (Å²) in [5, 5.41) is 19.2.